The average molecular weight is 716 g/mol. The molecule has 0 saturated heterocycles. The summed E-state index contributed by atoms with van der Waals surface area (Å²) in [5, 5.41) is 3.92. The van der Waals surface area contributed by atoms with Crippen molar-refractivity contribution in [2.45, 2.75) is 104 Å². The number of aryl methyl sites for hydroxylation is 2. The van der Waals surface area contributed by atoms with E-state index in [2.05, 4.69) is 159 Å². The largest absolute Gasteiger partial charge is 0.455 e. The molecule has 4 nitrogen and oxygen atoms in total. The van der Waals surface area contributed by atoms with Crippen LogP contribution in [-0.2, 0) is 13.0 Å². The maximum Gasteiger partial charge on any atom is 0.298 e. The van der Waals surface area contributed by atoms with Crippen molar-refractivity contribution >= 4 is 51.9 Å². The van der Waals surface area contributed by atoms with E-state index in [1.54, 1.807) is 5.19 Å². The second-order valence-corrected chi connectivity index (χ2v) is 22.3. The molecule has 2 aliphatic heterocycles. The molecule has 53 heavy (non-hydrogen) atoms. The highest BCUT2D eigenvalue weighted by molar-refractivity contribution is 6.89. The third-order valence-corrected chi connectivity index (χ3v) is 14.4. The van der Waals surface area contributed by atoms with Gasteiger partial charge in [-0.2, -0.15) is 9.13 Å². The number of nitrogens with zero attached hydrogens (tertiary/aromatic N) is 3. The summed E-state index contributed by atoms with van der Waals surface area (Å²) in [6.07, 6.45) is 5.44. The Balaban J connectivity index is 1.36. The van der Waals surface area contributed by atoms with Crippen molar-refractivity contribution < 1.29 is 13.6 Å². The van der Waals surface area contributed by atoms with Crippen LogP contribution in [0.3, 0.4) is 0 Å². The molecule has 0 fully saturated rings. The number of furan rings is 1. The first-order chi connectivity index (χ1) is 25.5. The number of pyridine rings is 1. The summed E-state index contributed by atoms with van der Waals surface area (Å²) in [4.78, 5) is 0. The summed E-state index contributed by atoms with van der Waals surface area (Å²) in [6, 6.07) is 32.3. The Morgan fingerprint density at radius 1 is 0.887 bits per heavy atom. The Kier molecular flexibility index (Phi) is 7.97. The fraction of sp³-hybridized carbons (Fsp3) is 0.333. The fourth-order valence-corrected chi connectivity index (χ4v) is 11.4. The summed E-state index contributed by atoms with van der Waals surface area (Å²) in [5.41, 5.74) is 15.2. The second kappa shape index (κ2) is 12.4. The van der Waals surface area contributed by atoms with Gasteiger partial charge in [0.25, 0.3) is 5.82 Å². The van der Waals surface area contributed by atoms with Gasteiger partial charge in [-0.3, -0.25) is 0 Å². The number of para-hydroxylation sites is 3. The molecule has 0 aliphatic carbocycles. The Bertz CT molecular complexity index is 2610. The maximum atomic E-state index is 6.88. The first-order valence-corrected chi connectivity index (χ1v) is 23.3. The van der Waals surface area contributed by atoms with Gasteiger partial charge in [0.2, 0.25) is 5.69 Å². The minimum atomic E-state index is -1.68. The SMILES string of the molecule is C=C1CC2C(CCc3ccc4c(oc5ccccc54)c3-c3n1c1ccccc1[n+]3CC)c1cc(C(C)C)ccc1-c1cc(C(C)C)c([Si](C)(C)C)c[n+]12. The predicted octanol–water partition coefficient (Wildman–Crippen LogP) is 11.4. The van der Waals surface area contributed by atoms with E-state index in [1.165, 1.54) is 66.7 Å². The average Bonchev–Trinajstić information content (AvgIpc) is 3.68. The number of allylic oxidation sites excluding steroid dienone is 1. The van der Waals surface area contributed by atoms with Gasteiger partial charge in [-0.25, -0.2) is 4.57 Å². The minimum Gasteiger partial charge on any atom is -0.455 e. The Morgan fingerprint density at radius 2 is 1.66 bits per heavy atom. The van der Waals surface area contributed by atoms with Crippen molar-refractivity contribution in [3.05, 3.63) is 120 Å². The molecule has 0 N–H and O–H groups in total. The zero-order valence-electron chi connectivity index (χ0n) is 32.8. The van der Waals surface area contributed by atoms with E-state index in [-0.39, 0.29) is 6.04 Å². The number of benzene rings is 4. The molecule has 0 radical (unpaired) electrons. The normalized spacial score (nSPS) is 17.3. The standard InChI is InChI=1S/C48H53N3OSi/c1-10-49-40-16-12-13-17-41(40)51-31(6)25-42-34(22-19-32-20-24-37-36-15-11-14-18-44(36)52-47(37)46(32)48(49)51)39-26-33(29(2)3)21-23-35(39)43-27-38(30(4)5)45(28-50(42)43)53(7,8)9/h11-18,20-21,23-24,26-30,34,42H,6,10,19,22,25H2,1-5,7-9H3/q+2. The van der Waals surface area contributed by atoms with Crippen molar-refractivity contribution in [2.75, 3.05) is 0 Å². The first kappa shape index (κ1) is 34.1. The van der Waals surface area contributed by atoms with Gasteiger partial charge in [-0.1, -0.05) is 109 Å². The highest BCUT2D eigenvalue weighted by atomic mass is 28.3. The van der Waals surface area contributed by atoms with Crippen LogP contribution in [0.4, 0.5) is 0 Å². The third-order valence-electron chi connectivity index (χ3n) is 12.4. The van der Waals surface area contributed by atoms with Gasteiger partial charge in [-0.15, -0.1) is 0 Å². The van der Waals surface area contributed by atoms with Crippen LogP contribution in [0.1, 0.15) is 93.5 Å². The van der Waals surface area contributed by atoms with Gasteiger partial charge in [0, 0.05) is 33.5 Å². The molecular weight excluding hydrogens is 663 g/mol. The van der Waals surface area contributed by atoms with E-state index < -0.39 is 8.07 Å². The highest BCUT2D eigenvalue weighted by Gasteiger charge is 2.45. The lowest BCUT2D eigenvalue weighted by Crippen LogP contribution is -2.54. The Hall–Kier alpha value is -4.74. The number of aromatic nitrogens is 3. The van der Waals surface area contributed by atoms with Crippen molar-refractivity contribution in [1.82, 2.24) is 4.57 Å². The van der Waals surface area contributed by atoms with Crippen molar-refractivity contribution in [2.24, 2.45) is 0 Å². The summed E-state index contributed by atoms with van der Waals surface area (Å²) in [7, 11) is -1.68. The van der Waals surface area contributed by atoms with Crippen LogP contribution in [0.15, 0.2) is 102 Å². The number of fused-ring (bicyclic) bond motifs is 15. The lowest BCUT2D eigenvalue weighted by molar-refractivity contribution is -0.716. The monoisotopic (exact) mass is 715 g/mol. The molecule has 5 heterocycles. The molecule has 0 spiro atoms. The smallest absolute Gasteiger partial charge is 0.298 e. The molecule has 9 rings (SSSR count). The summed E-state index contributed by atoms with van der Waals surface area (Å²) in [6.45, 7) is 25.0. The lowest BCUT2D eigenvalue weighted by atomic mass is 9.76. The molecule has 0 amide bonds. The summed E-state index contributed by atoms with van der Waals surface area (Å²) < 4.78 is 14.6. The molecule has 7 aromatic rings. The number of hydrogen-bond donors (Lipinski definition) is 0. The molecule has 2 unspecified atom stereocenters. The van der Waals surface area contributed by atoms with E-state index in [4.69, 9.17) is 11.0 Å². The Morgan fingerprint density at radius 3 is 2.42 bits per heavy atom. The van der Waals surface area contributed by atoms with Gasteiger partial charge in [0.05, 0.1) is 21.0 Å². The molecule has 5 heteroatoms. The number of imidazole rings is 1. The second-order valence-electron chi connectivity index (χ2n) is 17.3. The van der Waals surface area contributed by atoms with Crippen LogP contribution in [0.2, 0.25) is 19.6 Å². The topological polar surface area (TPSA) is 25.8 Å². The zero-order valence-corrected chi connectivity index (χ0v) is 33.8. The molecular formula is C48H53N3OSi+2. The van der Waals surface area contributed by atoms with Gasteiger partial charge in [-0.05, 0) is 78.1 Å². The van der Waals surface area contributed by atoms with Gasteiger partial charge >= 0.3 is 0 Å². The van der Waals surface area contributed by atoms with Crippen LogP contribution in [0, 0.1) is 0 Å². The van der Waals surface area contributed by atoms with Crippen LogP contribution >= 0.6 is 0 Å². The quantitative estimate of drug-likeness (QED) is 0.132. The number of hydrogen-bond acceptors (Lipinski definition) is 1. The first-order valence-electron chi connectivity index (χ1n) is 19.8. The van der Waals surface area contributed by atoms with Crippen LogP contribution in [0.5, 0.6) is 0 Å². The molecule has 268 valence electrons. The molecule has 0 saturated carbocycles. The molecule has 3 aromatic heterocycles. The molecule has 2 atom stereocenters. The molecule has 4 aromatic carbocycles. The van der Waals surface area contributed by atoms with Gasteiger partial charge < -0.3 is 4.42 Å². The van der Waals surface area contributed by atoms with E-state index in [0.29, 0.717) is 17.8 Å². The van der Waals surface area contributed by atoms with E-state index in [9.17, 15) is 0 Å². The van der Waals surface area contributed by atoms with E-state index in [0.717, 1.165) is 42.7 Å². The highest BCUT2D eigenvalue weighted by Crippen LogP contribution is 2.48. The minimum absolute atomic E-state index is 0.226. The molecule has 2 aliphatic rings. The van der Waals surface area contributed by atoms with Crippen LogP contribution in [0.25, 0.3) is 61.3 Å². The van der Waals surface area contributed by atoms with Crippen molar-refractivity contribution in [1.29, 1.82) is 0 Å². The fourth-order valence-electron chi connectivity index (χ4n) is 9.69. The molecule has 0 bridgehead atoms. The predicted molar refractivity (Wildman–Crippen MR) is 224 cm³/mol. The number of rotatable bonds is 4. The zero-order chi connectivity index (χ0) is 36.9. The van der Waals surface area contributed by atoms with Crippen LogP contribution < -0.4 is 14.3 Å². The van der Waals surface area contributed by atoms with Crippen molar-refractivity contribution in [3.8, 4) is 22.6 Å². The third kappa shape index (κ3) is 5.21. The van der Waals surface area contributed by atoms with E-state index >= 15 is 0 Å². The van der Waals surface area contributed by atoms with Gasteiger partial charge in [0.1, 0.15) is 16.8 Å². The van der Waals surface area contributed by atoms with Gasteiger partial charge in [0.15, 0.2) is 28.9 Å². The van der Waals surface area contributed by atoms with Crippen molar-refractivity contribution in [3.63, 3.8) is 0 Å². The summed E-state index contributed by atoms with van der Waals surface area (Å²) >= 11 is 0. The Labute approximate surface area is 315 Å². The van der Waals surface area contributed by atoms with Crippen LogP contribution in [-0.4, -0.2) is 12.6 Å². The van der Waals surface area contributed by atoms with E-state index in [1.807, 2.05) is 0 Å². The maximum absolute atomic E-state index is 6.88. The summed E-state index contributed by atoms with van der Waals surface area (Å²) in [5.74, 6) is 2.42. The lowest BCUT2D eigenvalue weighted by Gasteiger charge is -2.34.